The van der Waals surface area contributed by atoms with Gasteiger partial charge in [0.2, 0.25) is 15.9 Å². The van der Waals surface area contributed by atoms with Gasteiger partial charge in [-0.25, -0.2) is 13.1 Å². The van der Waals surface area contributed by atoms with Crippen LogP contribution in [0.25, 0.3) is 22.2 Å². The van der Waals surface area contributed by atoms with Gasteiger partial charge in [-0.1, -0.05) is 25.3 Å². The van der Waals surface area contributed by atoms with Crippen LogP contribution in [0.3, 0.4) is 0 Å². The van der Waals surface area contributed by atoms with Gasteiger partial charge in [-0.15, -0.1) is 0 Å². The summed E-state index contributed by atoms with van der Waals surface area (Å²) in [5, 5.41) is 0.890. The molecule has 0 radical (unpaired) electrons. The van der Waals surface area contributed by atoms with Crippen molar-refractivity contribution in [3.05, 3.63) is 53.1 Å². The summed E-state index contributed by atoms with van der Waals surface area (Å²) in [6.45, 7) is 2.41. The summed E-state index contributed by atoms with van der Waals surface area (Å²) in [5.74, 6) is -2.43. The van der Waals surface area contributed by atoms with Crippen LogP contribution in [0.1, 0.15) is 71.8 Å². The summed E-state index contributed by atoms with van der Waals surface area (Å²) in [6.07, 6.45) is 0.834. The third-order valence-corrected chi connectivity index (χ3v) is 13.5. The minimum absolute atomic E-state index is 0.0546. The van der Waals surface area contributed by atoms with E-state index in [2.05, 4.69) is 4.57 Å². The highest BCUT2D eigenvalue weighted by Gasteiger charge is 2.73. The van der Waals surface area contributed by atoms with Gasteiger partial charge in [-0.2, -0.15) is 13.2 Å². The van der Waals surface area contributed by atoms with Gasteiger partial charge in [0.05, 0.1) is 62.1 Å². The number of hydrogen-bond acceptors (Lipinski definition) is 7. The minimum Gasteiger partial charge on any atom is -0.497 e. The molecule has 5 heterocycles. The second-order valence-electron chi connectivity index (χ2n) is 15.1. The Morgan fingerprint density at radius 2 is 1.74 bits per heavy atom. The Morgan fingerprint density at radius 3 is 2.42 bits per heavy atom. The number of nitrogens with one attached hydrogen (secondary N) is 1. The molecule has 2 aliphatic carbocycles. The summed E-state index contributed by atoms with van der Waals surface area (Å²) in [5.41, 5.74) is 3.72. The molecule has 10 nitrogen and oxygen atoms in total. The van der Waals surface area contributed by atoms with E-state index < -0.39 is 33.3 Å². The summed E-state index contributed by atoms with van der Waals surface area (Å²) in [6, 6.07) is 10.7. The predicted molar refractivity (Wildman–Crippen MR) is 175 cm³/mol. The lowest BCUT2D eigenvalue weighted by Crippen LogP contribution is -2.73. The van der Waals surface area contributed by atoms with Crippen LogP contribution in [0.5, 0.6) is 5.75 Å². The van der Waals surface area contributed by atoms with Crippen molar-refractivity contribution in [2.24, 2.45) is 10.8 Å². The first-order valence-corrected chi connectivity index (χ1v) is 19.0. The van der Waals surface area contributed by atoms with Gasteiger partial charge in [0.25, 0.3) is 5.91 Å². The van der Waals surface area contributed by atoms with Crippen molar-refractivity contribution in [2.75, 3.05) is 39.3 Å². The van der Waals surface area contributed by atoms with E-state index in [0.29, 0.717) is 50.7 Å². The molecule has 2 amide bonds. The van der Waals surface area contributed by atoms with Crippen LogP contribution < -0.4 is 9.46 Å². The normalized spacial score (nSPS) is 30.0. The van der Waals surface area contributed by atoms with Gasteiger partial charge in [-0.05, 0) is 66.6 Å². The van der Waals surface area contributed by atoms with E-state index in [1.807, 2.05) is 23.1 Å². The second kappa shape index (κ2) is 10.9. The number of nitrogens with zero attached hydrogens (tertiary/aromatic N) is 2. The Labute approximate surface area is 287 Å². The van der Waals surface area contributed by atoms with E-state index in [1.165, 1.54) is 6.07 Å². The highest BCUT2D eigenvalue weighted by molar-refractivity contribution is 7.90. The first-order chi connectivity index (χ1) is 23.9. The number of benzene rings is 2. The summed E-state index contributed by atoms with van der Waals surface area (Å²) in [7, 11) is -3.36. The Bertz CT molecular complexity index is 2040. The molecule has 1 aromatic heterocycles. The van der Waals surface area contributed by atoms with Crippen LogP contribution in [-0.4, -0.2) is 87.2 Å². The van der Waals surface area contributed by atoms with Crippen LogP contribution >= 0.6 is 0 Å². The summed E-state index contributed by atoms with van der Waals surface area (Å²) < 4.78 is 84.7. The maximum Gasteiger partial charge on any atom is 0.404 e. The van der Waals surface area contributed by atoms with E-state index in [0.717, 1.165) is 59.9 Å². The lowest BCUT2D eigenvalue weighted by Gasteiger charge is -2.56. The van der Waals surface area contributed by atoms with Crippen LogP contribution in [0, 0.1) is 10.8 Å². The third-order valence-electron chi connectivity index (χ3n) is 12.3. The maximum absolute atomic E-state index is 15.0. The molecule has 0 bridgehead atoms. The number of fused-ring (bicyclic) bond motifs is 7. The predicted octanol–water partition coefficient (Wildman–Crippen LogP) is 5.10. The molecule has 4 aliphatic heterocycles. The smallest absolute Gasteiger partial charge is 0.404 e. The second-order valence-corrected chi connectivity index (χ2v) is 16.8. The molecule has 1 spiro atoms. The number of ether oxygens (including phenoxy) is 3. The van der Waals surface area contributed by atoms with Crippen LogP contribution in [-0.2, 0) is 30.8 Å². The fourth-order valence-electron chi connectivity index (χ4n) is 9.97. The van der Waals surface area contributed by atoms with Crippen LogP contribution in [0.4, 0.5) is 13.2 Å². The van der Waals surface area contributed by atoms with E-state index in [9.17, 15) is 31.2 Å². The fraction of sp³-hybridized carbons (Fsp3) is 0.556. The third kappa shape index (κ3) is 4.69. The van der Waals surface area contributed by atoms with Crippen LogP contribution in [0.2, 0.25) is 0 Å². The number of aromatic nitrogens is 1. The maximum atomic E-state index is 15.0. The zero-order valence-electron chi connectivity index (χ0n) is 27.6. The molecule has 2 saturated carbocycles. The number of alkyl halides is 3. The molecular weight excluding hydrogens is 675 g/mol. The van der Waals surface area contributed by atoms with Gasteiger partial charge in [0, 0.05) is 34.5 Å². The Morgan fingerprint density at radius 1 is 1.02 bits per heavy atom. The van der Waals surface area contributed by atoms with Gasteiger partial charge in [-0.3, -0.25) is 9.59 Å². The standard InChI is InChI=1S/C36H38F3N3O7S/c1-47-22-8-10-23-25(12-22)26-13-34(26,33(44)42-28-14-48-17-35(28)18-49-15-29(35)42)16-41-27-11-21(32(43)40-50(45,46)19-36(37,38)39)7-9-24(27)30(31(23)41)20-5-3-2-4-6-20/h7-12,20,26,28-29H,2-6,13-19H2,1H3,(H,40,43). The molecule has 2 aromatic carbocycles. The van der Waals surface area contributed by atoms with Crippen molar-refractivity contribution in [3.63, 3.8) is 0 Å². The van der Waals surface area contributed by atoms with Gasteiger partial charge in [0.1, 0.15) is 5.75 Å². The minimum atomic E-state index is -5.01. The molecule has 5 fully saturated rings. The average molecular weight is 714 g/mol. The lowest BCUT2D eigenvalue weighted by molar-refractivity contribution is -0.163. The topological polar surface area (TPSA) is 116 Å². The number of amides is 2. The Balaban J connectivity index is 1.20. The monoisotopic (exact) mass is 713 g/mol. The van der Waals surface area contributed by atoms with Crippen molar-refractivity contribution in [3.8, 4) is 17.0 Å². The Hall–Kier alpha value is -3.62. The average Bonchev–Trinajstić information content (AvgIpc) is 3.42. The van der Waals surface area contributed by atoms with E-state index in [4.69, 9.17) is 14.2 Å². The molecule has 9 rings (SSSR count). The molecule has 6 aliphatic rings. The zero-order chi connectivity index (χ0) is 34.8. The molecule has 4 atom stereocenters. The Kier molecular flexibility index (Phi) is 7.07. The zero-order valence-corrected chi connectivity index (χ0v) is 28.4. The van der Waals surface area contributed by atoms with Crippen molar-refractivity contribution in [1.82, 2.24) is 14.2 Å². The fourth-order valence-corrected chi connectivity index (χ4v) is 10.9. The number of likely N-dealkylation sites (tertiary alicyclic amines) is 1. The number of carbonyl (C=O) groups excluding carboxylic acids is 2. The number of sulfonamides is 1. The lowest BCUT2D eigenvalue weighted by atomic mass is 9.68. The molecule has 1 N–H and O–H groups in total. The van der Waals surface area contributed by atoms with Gasteiger partial charge >= 0.3 is 6.18 Å². The largest absolute Gasteiger partial charge is 0.497 e. The van der Waals surface area contributed by atoms with Crippen molar-refractivity contribution in [2.45, 2.75) is 75.2 Å². The molecule has 4 unspecified atom stereocenters. The SMILES string of the molecule is COc1ccc2c(c1)C1CC1(C(=O)N1C3COCC34COCC14)Cn1c-2c(C2CCCCC2)c2ccc(C(=O)NS(=O)(=O)CC(F)(F)F)cc21. The number of rotatable bonds is 6. The number of carbonyl (C=O) groups is 2. The molecule has 266 valence electrons. The number of hydrogen-bond donors (Lipinski definition) is 1. The molecule has 3 aromatic rings. The molecule has 3 saturated heterocycles. The van der Waals surface area contributed by atoms with Crippen molar-refractivity contribution >= 4 is 32.7 Å². The summed E-state index contributed by atoms with van der Waals surface area (Å²) >= 11 is 0. The van der Waals surface area contributed by atoms with Crippen molar-refractivity contribution < 1.29 is 45.4 Å². The van der Waals surface area contributed by atoms with E-state index in [1.54, 1.807) is 24.0 Å². The highest BCUT2D eigenvalue weighted by Crippen LogP contribution is 2.68. The van der Waals surface area contributed by atoms with Crippen LogP contribution in [0.15, 0.2) is 36.4 Å². The summed E-state index contributed by atoms with van der Waals surface area (Å²) in [4.78, 5) is 30.2. The van der Waals surface area contributed by atoms with E-state index >= 15 is 0 Å². The number of halogens is 3. The molecule has 50 heavy (non-hydrogen) atoms. The van der Waals surface area contributed by atoms with Gasteiger partial charge in [0.15, 0.2) is 5.75 Å². The van der Waals surface area contributed by atoms with Crippen molar-refractivity contribution in [1.29, 1.82) is 0 Å². The first-order valence-electron chi connectivity index (χ1n) is 17.3. The molecule has 14 heteroatoms. The van der Waals surface area contributed by atoms with Gasteiger partial charge < -0.3 is 23.7 Å². The first kappa shape index (κ1) is 32.3. The molecular formula is C36H38F3N3O7S. The van der Waals surface area contributed by atoms with E-state index in [-0.39, 0.29) is 40.8 Å². The number of methoxy groups -OCH3 is 1. The highest BCUT2D eigenvalue weighted by atomic mass is 32.2. The quantitative estimate of drug-likeness (QED) is 0.378.